The predicted octanol–water partition coefficient (Wildman–Crippen LogP) is 0.715. The molecule has 1 nitrogen and oxygen atoms in total. The van der Waals surface area contributed by atoms with E-state index in [0.717, 1.165) is 6.42 Å². The average molecular weight is 109 g/mol. The lowest BCUT2D eigenvalue weighted by molar-refractivity contribution is 0.582. The van der Waals surface area contributed by atoms with E-state index in [4.69, 9.17) is 7.85 Å². The van der Waals surface area contributed by atoms with Crippen LogP contribution in [0.4, 0.5) is 0 Å². The molecular weight excluding hydrogens is 96.9 g/mol. The van der Waals surface area contributed by atoms with Gasteiger partial charge in [-0.2, -0.15) is 0 Å². The van der Waals surface area contributed by atoms with Gasteiger partial charge in [0, 0.05) is 6.04 Å². The lowest BCUT2D eigenvalue weighted by Crippen LogP contribution is -2.20. The third-order valence-corrected chi connectivity index (χ3v) is 1.88. The van der Waals surface area contributed by atoms with E-state index in [-0.39, 0.29) is 0 Å². The van der Waals surface area contributed by atoms with Crippen LogP contribution >= 0.6 is 0 Å². The van der Waals surface area contributed by atoms with Gasteiger partial charge in [0.05, 0.1) is 7.85 Å². The molecular formula is C6H12BN. The van der Waals surface area contributed by atoms with E-state index in [0.29, 0.717) is 11.9 Å². The minimum absolute atomic E-state index is 0.465. The molecule has 1 fully saturated rings. The highest BCUT2D eigenvalue weighted by Gasteiger charge is 2.18. The molecule has 0 aromatic carbocycles. The maximum Gasteiger partial charge on any atom is 0.0700 e. The second-order valence-corrected chi connectivity index (χ2v) is 2.56. The molecule has 0 amide bonds. The summed E-state index contributed by atoms with van der Waals surface area (Å²) in [6.45, 7) is 0. The number of rotatable bonds is 1. The Kier molecular flexibility index (Phi) is 1.95. The normalized spacial score (nSPS) is 38.1. The average Bonchev–Trinajstić information content (AvgIpc) is 2.14. The van der Waals surface area contributed by atoms with Gasteiger partial charge in [-0.3, -0.25) is 0 Å². The Bertz CT molecular complexity index is 74.9. The van der Waals surface area contributed by atoms with Crippen LogP contribution < -0.4 is 5.32 Å². The maximum absolute atomic E-state index is 5.66. The van der Waals surface area contributed by atoms with E-state index < -0.39 is 0 Å². The zero-order chi connectivity index (χ0) is 5.98. The molecule has 8 heavy (non-hydrogen) atoms. The van der Waals surface area contributed by atoms with Crippen LogP contribution in [0.15, 0.2) is 0 Å². The predicted molar refractivity (Wildman–Crippen MR) is 36.2 cm³/mol. The van der Waals surface area contributed by atoms with Crippen LogP contribution in [-0.4, -0.2) is 20.9 Å². The van der Waals surface area contributed by atoms with E-state index in [9.17, 15) is 0 Å². The van der Waals surface area contributed by atoms with Gasteiger partial charge in [-0.05, 0) is 19.9 Å². The molecule has 1 rings (SSSR count). The van der Waals surface area contributed by atoms with Gasteiger partial charge in [-0.25, -0.2) is 0 Å². The summed E-state index contributed by atoms with van der Waals surface area (Å²) >= 11 is 0. The summed E-state index contributed by atoms with van der Waals surface area (Å²) in [4.78, 5) is 0. The van der Waals surface area contributed by atoms with Gasteiger partial charge in [-0.1, -0.05) is 12.2 Å². The van der Waals surface area contributed by atoms with Crippen LogP contribution in [0.2, 0.25) is 5.82 Å². The third-order valence-electron chi connectivity index (χ3n) is 1.88. The molecule has 2 atom stereocenters. The van der Waals surface area contributed by atoms with Crippen LogP contribution in [0.25, 0.3) is 0 Å². The highest BCUT2D eigenvalue weighted by molar-refractivity contribution is 6.11. The lowest BCUT2D eigenvalue weighted by Gasteiger charge is -2.05. The molecule has 2 radical (unpaired) electrons. The third kappa shape index (κ3) is 1.25. The Morgan fingerprint density at radius 2 is 2.25 bits per heavy atom. The monoisotopic (exact) mass is 109 g/mol. The van der Waals surface area contributed by atoms with Gasteiger partial charge in [-0.15, -0.1) is 0 Å². The molecule has 0 heterocycles. The number of hydrogen-bond acceptors (Lipinski definition) is 1. The zero-order valence-corrected chi connectivity index (χ0v) is 5.35. The summed E-state index contributed by atoms with van der Waals surface area (Å²) in [6, 6.07) is 0.699. The Morgan fingerprint density at radius 1 is 1.50 bits per heavy atom. The molecule has 44 valence electrons. The Morgan fingerprint density at radius 3 is 2.50 bits per heavy atom. The minimum atomic E-state index is 0.465. The largest absolute Gasteiger partial charge is 0.317 e. The van der Waals surface area contributed by atoms with Crippen molar-refractivity contribution in [3.8, 4) is 0 Å². The summed E-state index contributed by atoms with van der Waals surface area (Å²) in [5, 5.41) is 3.21. The van der Waals surface area contributed by atoms with Crippen molar-refractivity contribution in [3.05, 3.63) is 0 Å². The topological polar surface area (TPSA) is 12.0 Å². The fourth-order valence-corrected chi connectivity index (χ4v) is 1.28. The van der Waals surface area contributed by atoms with Crippen molar-refractivity contribution in [1.82, 2.24) is 5.32 Å². The summed E-state index contributed by atoms with van der Waals surface area (Å²) in [5.41, 5.74) is 0. The Hall–Kier alpha value is 0.0249. The fraction of sp³-hybridized carbons (Fsp3) is 1.00. The van der Waals surface area contributed by atoms with E-state index >= 15 is 0 Å². The van der Waals surface area contributed by atoms with E-state index in [1.54, 1.807) is 0 Å². The fourth-order valence-electron chi connectivity index (χ4n) is 1.28. The van der Waals surface area contributed by atoms with E-state index in [2.05, 4.69) is 5.32 Å². The molecule has 1 saturated carbocycles. The second-order valence-electron chi connectivity index (χ2n) is 2.56. The number of nitrogens with one attached hydrogen (secondary N) is 1. The first-order valence-corrected chi connectivity index (χ1v) is 3.26. The Labute approximate surface area is 52.3 Å². The minimum Gasteiger partial charge on any atom is -0.317 e. The smallest absolute Gasteiger partial charge is 0.0700 e. The summed E-state index contributed by atoms with van der Waals surface area (Å²) in [7, 11) is 7.66. The van der Waals surface area contributed by atoms with Crippen molar-refractivity contribution in [1.29, 1.82) is 0 Å². The van der Waals surface area contributed by atoms with Crippen molar-refractivity contribution in [2.45, 2.75) is 31.1 Å². The maximum atomic E-state index is 5.66. The van der Waals surface area contributed by atoms with Crippen molar-refractivity contribution in [2.75, 3.05) is 7.05 Å². The molecule has 2 heteroatoms. The van der Waals surface area contributed by atoms with Crippen LogP contribution in [0.3, 0.4) is 0 Å². The molecule has 1 N–H and O–H groups in total. The van der Waals surface area contributed by atoms with Gasteiger partial charge in [0.1, 0.15) is 0 Å². The molecule has 0 saturated heterocycles. The van der Waals surface area contributed by atoms with Crippen molar-refractivity contribution in [2.24, 2.45) is 0 Å². The van der Waals surface area contributed by atoms with Crippen molar-refractivity contribution in [3.63, 3.8) is 0 Å². The van der Waals surface area contributed by atoms with Crippen LogP contribution in [0.1, 0.15) is 19.3 Å². The highest BCUT2D eigenvalue weighted by Crippen LogP contribution is 2.26. The molecule has 0 spiro atoms. The van der Waals surface area contributed by atoms with E-state index in [1.165, 1.54) is 12.8 Å². The first kappa shape index (κ1) is 6.15. The zero-order valence-electron chi connectivity index (χ0n) is 5.35. The van der Waals surface area contributed by atoms with Gasteiger partial charge < -0.3 is 5.32 Å². The highest BCUT2D eigenvalue weighted by atomic mass is 14.9. The standard InChI is InChI=1S/C6H12BN/c1-8-6-3-2-5(7)4-6/h5-6,8H,2-4H2,1H3/t5-,6+/m1/s1. The molecule has 0 aromatic rings. The first-order valence-electron chi connectivity index (χ1n) is 3.26. The van der Waals surface area contributed by atoms with Crippen molar-refractivity contribution >= 4 is 7.85 Å². The van der Waals surface area contributed by atoms with Gasteiger partial charge in [0.2, 0.25) is 0 Å². The number of hydrogen-bond donors (Lipinski definition) is 1. The van der Waals surface area contributed by atoms with Crippen LogP contribution in [-0.2, 0) is 0 Å². The molecule has 0 aliphatic heterocycles. The van der Waals surface area contributed by atoms with Gasteiger partial charge >= 0.3 is 0 Å². The molecule has 1 aliphatic rings. The molecule has 1 aliphatic carbocycles. The lowest BCUT2D eigenvalue weighted by atomic mass is 9.86. The summed E-state index contributed by atoms with van der Waals surface area (Å²) < 4.78 is 0. The summed E-state index contributed by atoms with van der Waals surface area (Å²) in [5.74, 6) is 0.465. The quantitative estimate of drug-likeness (QED) is 0.489. The molecule has 0 aromatic heterocycles. The summed E-state index contributed by atoms with van der Waals surface area (Å²) in [6.07, 6.45) is 3.62. The van der Waals surface area contributed by atoms with Gasteiger partial charge in [0.15, 0.2) is 0 Å². The van der Waals surface area contributed by atoms with Gasteiger partial charge in [0.25, 0.3) is 0 Å². The SMILES string of the molecule is [B][C@@H]1CC[C@H](NC)C1. The molecule has 0 unspecified atom stereocenters. The second kappa shape index (κ2) is 2.54. The van der Waals surface area contributed by atoms with Crippen LogP contribution in [0, 0.1) is 0 Å². The first-order chi connectivity index (χ1) is 3.83. The van der Waals surface area contributed by atoms with Crippen molar-refractivity contribution < 1.29 is 0 Å². The van der Waals surface area contributed by atoms with Crippen LogP contribution in [0.5, 0.6) is 0 Å². The Balaban J connectivity index is 2.22. The van der Waals surface area contributed by atoms with E-state index in [1.807, 2.05) is 7.05 Å². The molecule has 0 bridgehead atoms.